The van der Waals surface area contributed by atoms with Gasteiger partial charge >= 0.3 is 5.97 Å². The Morgan fingerprint density at radius 1 is 0.950 bits per heavy atom. The maximum Gasteiger partial charge on any atom is 0.339 e. The Morgan fingerprint density at radius 3 is 2.27 bits per heavy atom. The van der Waals surface area contributed by atoms with Crippen LogP contribution in [0.2, 0.25) is 0 Å². The van der Waals surface area contributed by atoms with Crippen molar-refractivity contribution in [3.05, 3.63) is 89.5 Å². The van der Waals surface area contributed by atoms with Crippen LogP contribution in [0, 0.1) is 0 Å². The smallest absolute Gasteiger partial charge is 0.339 e. The third kappa shape index (κ3) is 6.68. The number of aromatic carboxylic acids is 1. The van der Waals surface area contributed by atoms with Crippen molar-refractivity contribution in [1.29, 1.82) is 0 Å². The SMILES string of the molecule is CC(Cc1c(C(=O)O)cnn1-c1cccc(-c2cccc(C(=O)N3CCCCC3)c2)c1)c1cnn(C)c1.CCC. The van der Waals surface area contributed by atoms with E-state index in [1.54, 1.807) is 9.36 Å². The van der Waals surface area contributed by atoms with E-state index in [0.717, 1.165) is 48.3 Å². The zero-order valence-corrected chi connectivity index (χ0v) is 23.9. The average molecular weight is 542 g/mol. The molecule has 0 bridgehead atoms. The maximum atomic E-state index is 13.1. The number of carboxylic acids is 1. The summed E-state index contributed by atoms with van der Waals surface area (Å²) in [6.45, 7) is 7.93. The van der Waals surface area contributed by atoms with Crippen LogP contribution in [-0.2, 0) is 13.5 Å². The molecule has 1 fully saturated rings. The fourth-order valence-corrected chi connectivity index (χ4v) is 5.00. The lowest BCUT2D eigenvalue weighted by atomic mass is 9.97. The Balaban J connectivity index is 0.00000118. The lowest BCUT2D eigenvalue weighted by Gasteiger charge is -2.26. The second-order valence-corrected chi connectivity index (χ2v) is 10.5. The number of carboxylic acid groups (broad SMARTS) is 1. The van der Waals surface area contributed by atoms with Gasteiger partial charge in [-0.25, -0.2) is 9.48 Å². The predicted molar refractivity (Wildman–Crippen MR) is 157 cm³/mol. The van der Waals surface area contributed by atoms with Crippen molar-refractivity contribution >= 4 is 11.9 Å². The lowest BCUT2D eigenvalue weighted by molar-refractivity contribution is 0.0693. The number of nitrogens with zero attached hydrogens (tertiary/aromatic N) is 5. The quantitative estimate of drug-likeness (QED) is 0.294. The highest BCUT2D eigenvalue weighted by molar-refractivity contribution is 5.95. The van der Waals surface area contributed by atoms with Crippen LogP contribution in [0.5, 0.6) is 0 Å². The van der Waals surface area contributed by atoms with E-state index in [0.29, 0.717) is 17.7 Å². The molecule has 8 nitrogen and oxygen atoms in total. The van der Waals surface area contributed by atoms with Crippen LogP contribution in [-0.4, -0.2) is 54.5 Å². The van der Waals surface area contributed by atoms with Gasteiger partial charge in [0.15, 0.2) is 0 Å². The Labute approximate surface area is 236 Å². The number of aryl methyl sites for hydroxylation is 1. The van der Waals surface area contributed by atoms with E-state index >= 15 is 0 Å². The minimum atomic E-state index is -1.00. The first kappa shape index (κ1) is 28.8. The molecule has 1 aliphatic rings. The molecule has 3 heterocycles. The molecule has 0 radical (unpaired) electrons. The first-order chi connectivity index (χ1) is 19.3. The van der Waals surface area contributed by atoms with Crippen molar-refractivity contribution in [2.24, 2.45) is 7.05 Å². The molecule has 0 spiro atoms. The summed E-state index contributed by atoms with van der Waals surface area (Å²) >= 11 is 0. The standard InChI is InChI=1S/C29H31N5O3.C3H8/c1-20(24-17-30-32(2)19-24)14-27-26(29(36)37)18-31-34(27)25-11-7-9-22(16-25)21-8-6-10-23(15-21)28(35)33-12-4-3-5-13-33;1-3-2/h6-11,15-20H,3-5,12-14H2,1-2H3,(H,36,37);3H2,1-2H3. The number of piperidine rings is 1. The average Bonchev–Trinajstić information content (AvgIpc) is 3.60. The van der Waals surface area contributed by atoms with Gasteiger partial charge in [-0.15, -0.1) is 0 Å². The highest BCUT2D eigenvalue weighted by Gasteiger charge is 2.22. The summed E-state index contributed by atoms with van der Waals surface area (Å²) in [5.41, 5.74) is 5.18. The van der Waals surface area contributed by atoms with Crippen LogP contribution in [0.25, 0.3) is 16.8 Å². The van der Waals surface area contributed by atoms with Gasteiger partial charge in [-0.1, -0.05) is 51.5 Å². The maximum absolute atomic E-state index is 13.1. The zero-order chi connectivity index (χ0) is 28.6. The first-order valence-electron chi connectivity index (χ1n) is 14.1. The minimum absolute atomic E-state index is 0.0583. The molecule has 2 aromatic carbocycles. The van der Waals surface area contributed by atoms with E-state index in [2.05, 4.69) is 31.0 Å². The largest absolute Gasteiger partial charge is 0.478 e. The molecule has 1 N–H and O–H groups in total. The number of carbonyl (C=O) groups excluding carboxylic acids is 1. The van der Waals surface area contributed by atoms with Gasteiger partial charge in [0.25, 0.3) is 5.91 Å². The molecule has 210 valence electrons. The molecule has 1 amide bonds. The molecule has 40 heavy (non-hydrogen) atoms. The van der Waals surface area contributed by atoms with Crippen LogP contribution < -0.4 is 0 Å². The molecule has 0 aliphatic carbocycles. The van der Waals surface area contributed by atoms with Gasteiger partial charge in [0.05, 0.1) is 23.8 Å². The topological polar surface area (TPSA) is 93.2 Å². The molecular formula is C32H39N5O3. The van der Waals surface area contributed by atoms with Gasteiger partial charge in [-0.3, -0.25) is 9.48 Å². The highest BCUT2D eigenvalue weighted by Crippen LogP contribution is 2.28. The van der Waals surface area contributed by atoms with E-state index < -0.39 is 5.97 Å². The van der Waals surface area contributed by atoms with Crippen LogP contribution >= 0.6 is 0 Å². The Kier molecular flexibility index (Phi) is 9.53. The molecule has 2 aromatic heterocycles. The number of rotatable bonds is 7. The summed E-state index contributed by atoms with van der Waals surface area (Å²) < 4.78 is 3.46. The summed E-state index contributed by atoms with van der Waals surface area (Å²) in [5.74, 6) is -0.870. The van der Waals surface area contributed by atoms with Crippen molar-refractivity contribution in [2.45, 2.75) is 58.8 Å². The number of likely N-dealkylation sites (tertiary alicyclic amines) is 1. The van der Waals surface area contributed by atoms with Gasteiger partial charge < -0.3 is 10.0 Å². The van der Waals surface area contributed by atoms with Crippen LogP contribution in [0.3, 0.4) is 0 Å². The van der Waals surface area contributed by atoms with E-state index in [4.69, 9.17) is 0 Å². The van der Waals surface area contributed by atoms with Crippen molar-refractivity contribution < 1.29 is 14.7 Å². The molecule has 1 saturated heterocycles. The van der Waals surface area contributed by atoms with Crippen LogP contribution in [0.1, 0.15) is 84.3 Å². The van der Waals surface area contributed by atoms with Gasteiger partial charge in [-0.05, 0) is 72.6 Å². The van der Waals surface area contributed by atoms with Crippen molar-refractivity contribution in [2.75, 3.05) is 13.1 Å². The molecule has 8 heteroatoms. The number of carbonyl (C=O) groups is 2. The van der Waals surface area contributed by atoms with Crippen LogP contribution in [0.4, 0.5) is 0 Å². The molecule has 0 saturated carbocycles. The highest BCUT2D eigenvalue weighted by atomic mass is 16.4. The summed E-state index contributed by atoms with van der Waals surface area (Å²) in [4.78, 5) is 27.0. The van der Waals surface area contributed by atoms with Gasteiger partial charge in [0, 0.05) is 31.9 Å². The molecule has 4 aromatic rings. The van der Waals surface area contributed by atoms with Gasteiger partial charge in [0.1, 0.15) is 5.56 Å². The fourth-order valence-electron chi connectivity index (χ4n) is 5.00. The first-order valence-corrected chi connectivity index (χ1v) is 14.1. The Morgan fingerprint density at radius 2 is 1.62 bits per heavy atom. The van der Waals surface area contributed by atoms with Crippen molar-refractivity contribution in [3.63, 3.8) is 0 Å². The number of benzene rings is 2. The van der Waals surface area contributed by atoms with Gasteiger partial charge in [0.2, 0.25) is 0 Å². The third-order valence-electron chi connectivity index (χ3n) is 7.07. The van der Waals surface area contributed by atoms with Gasteiger partial charge in [-0.2, -0.15) is 10.2 Å². The second-order valence-electron chi connectivity index (χ2n) is 10.5. The van der Waals surface area contributed by atoms with Crippen LogP contribution in [0.15, 0.2) is 67.1 Å². The summed E-state index contributed by atoms with van der Waals surface area (Å²) in [6.07, 6.45) is 10.2. The van der Waals surface area contributed by atoms with E-state index in [1.807, 2.05) is 72.9 Å². The third-order valence-corrected chi connectivity index (χ3v) is 7.07. The van der Waals surface area contributed by atoms with E-state index in [1.165, 1.54) is 19.0 Å². The number of hydrogen-bond acceptors (Lipinski definition) is 4. The normalized spacial score (nSPS) is 13.8. The molecule has 1 aliphatic heterocycles. The van der Waals surface area contributed by atoms with E-state index in [-0.39, 0.29) is 17.4 Å². The van der Waals surface area contributed by atoms with E-state index in [9.17, 15) is 14.7 Å². The summed E-state index contributed by atoms with van der Waals surface area (Å²) in [5, 5.41) is 18.5. The molecule has 1 atom stereocenters. The zero-order valence-electron chi connectivity index (χ0n) is 23.9. The molecule has 5 rings (SSSR count). The predicted octanol–water partition coefficient (Wildman–Crippen LogP) is 6.36. The second kappa shape index (κ2) is 13.2. The monoisotopic (exact) mass is 541 g/mol. The Bertz CT molecular complexity index is 1450. The lowest BCUT2D eigenvalue weighted by Crippen LogP contribution is -2.35. The summed E-state index contributed by atoms with van der Waals surface area (Å²) in [7, 11) is 1.86. The van der Waals surface area contributed by atoms with Crippen molar-refractivity contribution in [3.8, 4) is 16.8 Å². The number of hydrogen-bond donors (Lipinski definition) is 1. The number of aromatic nitrogens is 4. The molecular weight excluding hydrogens is 502 g/mol. The minimum Gasteiger partial charge on any atom is -0.478 e. The number of amides is 1. The summed E-state index contributed by atoms with van der Waals surface area (Å²) in [6, 6.07) is 15.5. The fraction of sp³-hybridized carbons (Fsp3) is 0.375. The van der Waals surface area contributed by atoms with Crippen molar-refractivity contribution in [1.82, 2.24) is 24.5 Å². The Hall–Kier alpha value is -4.20. The molecule has 1 unspecified atom stereocenters.